The van der Waals surface area contributed by atoms with Crippen molar-refractivity contribution >= 4 is 9.84 Å². The molecule has 1 unspecified atom stereocenters. The lowest BCUT2D eigenvalue weighted by Crippen LogP contribution is -2.20. The topological polar surface area (TPSA) is 55.4 Å². The maximum Gasteiger partial charge on any atom is 0.419 e. The first-order chi connectivity index (χ1) is 9.71. The predicted molar refractivity (Wildman–Crippen MR) is 71.9 cm³/mol. The van der Waals surface area contributed by atoms with Crippen LogP contribution in [-0.2, 0) is 22.6 Å². The maximum atomic E-state index is 13.1. The van der Waals surface area contributed by atoms with Crippen molar-refractivity contribution < 1.29 is 26.3 Å². The van der Waals surface area contributed by atoms with Crippen molar-refractivity contribution in [2.75, 3.05) is 18.6 Å². The molecular weight excluding hydrogens is 307 g/mol. The molecule has 0 radical (unpaired) electrons. The van der Waals surface area contributed by atoms with Gasteiger partial charge in [0, 0.05) is 6.54 Å². The highest BCUT2D eigenvalue weighted by Crippen LogP contribution is 2.38. The van der Waals surface area contributed by atoms with Gasteiger partial charge in [0.25, 0.3) is 0 Å². The van der Waals surface area contributed by atoms with Gasteiger partial charge in [-0.2, -0.15) is 13.2 Å². The van der Waals surface area contributed by atoms with Gasteiger partial charge in [0.1, 0.15) is 11.9 Å². The van der Waals surface area contributed by atoms with Gasteiger partial charge in [-0.1, -0.05) is 6.07 Å². The standard InChI is InChI=1S/C13H16F3NO3S/c1-17-7-9-2-3-12(11(6-9)13(14,15)16)20-10-4-5-21(18,19)8-10/h2-3,6,10,17H,4-5,7-8H2,1H3. The molecule has 2 rings (SSSR count). The van der Waals surface area contributed by atoms with Crippen molar-refractivity contribution in [1.29, 1.82) is 0 Å². The second-order valence-electron chi connectivity index (χ2n) is 5.00. The molecule has 0 aromatic heterocycles. The van der Waals surface area contributed by atoms with Gasteiger partial charge in [-0.3, -0.25) is 0 Å². The van der Waals surface area contributed by atoms with Crippen molar-refractivity contribution in [2.24, 2.45) is 0 Å². The quantitative estimate of drug-likeness (QED) is 0.921. The monoisotopic (exact) mass is 323 g/mol. The predicted octanol–water partition coefficient (Wildman–Crippen LogP) is 1.99. The fourth-order valence-corrected chi connectivity index (χ4v) is 3.84. The first kappa shape index (κ1) is 16.1. The molecule has 1 heterocycles. The third-order valence-electron chi connectivity index (χ3n) is 3.21. The Balaban J connectivity index is 2.26. The summed E-state index contributed by atoms with van der Waals surface area (Å²) in [6.07, 6.45) is -5.04. The Labute approximate surface area is 121 Å². The highest BCUT2D eigenvalue weighted by atomic mass is 32.2. The second kappa shape index (κ2) is 5.84. The van der Waals surface area contributed by atoms with E-state index in [2.05, 4.69) is 5.32 Å². The SMILES string of the molecule is CNCc1ccc(OC2CCS(=O)(=O)C2)c(C(F)(F)F)c1. The smallest absolute Gasteiger partial charge is 0.419 e. The molecule has 0 bridgehead atoms. The minimum atomic E-state index is -4.55. The third kappa shape index (κ3) is 4.10. The zero-order valence-corrected chi connectivity index (χ0v) is 12.2. The summed E-state index contributed by atoms with van der Waals surface area (Å²) in [6.45, 7) is 0.307. The Morgan fingerprint density at radius 1 is 1.38 bits per heavy atom. The van der Waals surface area contributed by atoms with Gasteiger partial charge in [-0.25, -0.2) is 8.42 Å². The number of hydrogen-bond acceptors (Lipinski definition) is 4. The van der Waals surface area contributed by atoms with Crippen molar-refractivity contribution in [1.82, 2.24) is 5.32 Å². The number of benzene rings is 1. The van der Waals surface area contributed by atoms with E-state index in [-0.39, 0.29) is 23.7 Å². The molecule has 8 heteroatoms. The number of hydrogen-bond donors (Lipinski definition) is 1. The molecule has 118 valence electrons. The van der Waals surface area contributed by atoms with Crippen LogP contribution in [0.15, 0.2) is 18.2 Å². The van der Waals surface area contributed by atoms with E-state index >= 15 is 0 Å². The summed E-state index contributed by atoms with van der Waals surface area (Å²) >= 11 is 0. The van der Waals surface area contributed by atoms with Crippen LogP contribution in [-0.4, -0.2) is 33.1 Å². The molecule has 0 saturated carbocycles. The van der Waals surface area contributed by atoms with Crippen molar-refractivity contribution in [2.45, 2.75) is 25.2 Å². The number of ether oxygens (including phenoxy) is 1. The summed E-state index contributed by atoms with van der Waals surface area (Å²) in [6, 6.07) is 3.81. The van der Waals surface area contributed by atoms with Gasteiger partial charge in [0.15, 0.2) is 9.84 Å². The summed E-state index contributed by atoms with van der Waals surface area (Å²) in [5.41, 5.74) is -0.393. The highest BCUT2D eigenvalue weighted by molar-refractivity contribution is 7.91. The Hall–Kier alpha value is -1.28. The van der Waals surface area contributed by atoms with Crippen LogP contribution in [0.25, 0.3) is 0 Å². The van der Waals surface area contributed by atoms with E-state index in [0.717, 1.165) is 6.07 Å². The molecule has 0 amide bonds. The van der Waals surface area contributed by atoms with E-state index in [9.17, 15) is 21.6 Å². The van der Waals surface area contributed by atoms with Crippen LogP contribution < -0.4 is 10.1 Å². The van der Waals surface area contributed by atoms with Gasteiger partial charge in [0.2, 0.25) is 0 Å². The van der Waals surface area contributed by atoms with E-state index in [4.69, 9.17) is 4.74 Å². The molecule has 1 aromatic rings. The number of alkyl halides is 3. The first-order valence-electron chi connectivity index (χ1n) is 6.43. The van der Waals surface area contributed by atoms with Crippen LogP contribution in [0, 0.1) is 0 Å². The minimum Gasteiger partial charge on any atom is -0.489 e. The van der Waals surface area contributed by atoms with E-state index in [1.807, 2.05) is 0 Å². The molecule has 1 aromatic carbocycles. The zero-order chi connectivity index (χ0) is 15.7. The molecule has 1 aliphatic heterocycles. The maximum absolute atomic E-state index is 13.1. The molecule has 21 heavy (non-hydrogen) atoms. The molecule has 1 atom stereocenters. The molecule has 0 aliphatic carbocycles. The summed E-state index contributed by atoms with van der Waals surface area (Å²) in [4.78, 5) is 0. The van der Waals surface area contributed by atoms with Crippen LogP contribution in [0.1, 0.15) is 17.5 Å². The Morgan fingerprint density at radius 3 is 2.62 bits per heavy atom. The normalized spacial score (nSPS) is 21.4. The molecule has 0 spiro atoms. The lowest BCUT2D eigenvalue weighted by Gasteiger charge is -2.18. The second-order valence-corrected chi connectivity index (χ2v) is 7.23. The molecule has 1 aliphatic rings. The Kier molecular flexibility index (Phi) is 4.48. The number of nitrogens with one attached hydrogen (secondary N) is 1. The van der Waals surface area contributed by atoms with E-state index in [1.165, 1.54) is 12.1 Å². The van der Waals surface area contributed by atoms with E-state index in [1.54, 1.807) is 7.05 Å². The summed E-state index contributed by atoms with van der Waals surface area (Å²) in [7, 11) is -1.56. The van der Waals surface area contributed by atoms with Crippen molar-refractivity contribution in [3.63, 3.8) is 0 Å². The first-order valence-corrected chi connectivity index (χ1v) is 8.25. The fraction of sp³-hybridized carbons (Fsp3) is 0.538. The molecule has 1 saturated heterocycles. The molecule has 4 nitrogen and oxygen atoms in total. The summed E-state index contributed by atoms with van der Waals surface area (Å²) < 4.78 is 67.2. The third-order valence-corrected chi connectivity index (χ3v) is 4.95. The van der Waals surface area contributed by atoms with Crippen LogP contribution in [0.4, 0.5) is 13.2 Å². The molecule has 1 N–H and O–H groups in total. The number of sulfone groups is 1. The lowest BCUT2D eigenvalue weighted by molar-refractivity contribution is -0.139. The lowest BCUT2D eigenvalue weighted by atomic mass is 10.1. The van der Waals surface area contributed by atoms with Crippen LogP contribution in [0.3, 0.4) is 0 Å². The summed E-state index contributed by atoms with van der Waals surface area (Å²) in [5, 5.41) is 2.78. The van der Waals surface area contributed by atoms with Crippen molar-refractivity contribution in [3.05, 3.63) is 29.3 Å². The minimum absolute atomic E-state index is 0.0448. The average Bonchev–Trinajstić information content (AvgIpc) is 2.70. The average molecular weight is 323 g/mol. The van der Waals surface area contributed by atoms with Crippen LogP contribution in [0.5, 0.6) is 5.75 Å². The van der Waals surface area contributed by atoms with E-state index in [0.29, 0.717) is 12.1 Å². The zero-order valence-electron chi connectivity index (χ0n) is 11.4. The number of rotatable bonds is 4. The highest BCUT2D eigenvalue weighted by Gasteiger charge is 2.37. The van der Waals surface area contributed by atoms with Gasteiger partial charge >= 0.3 is 6.18 Å². The van der Waals surface area contributed by atoms with Gasteiger partial charge < -0.3 is 10.1 Å². The molecular formula is C13H16F3NO3S. The summed E-state index contributed by atoms with van der Waals surface area (Å²) in [5.74, 6) is -0.594. The van der Waals surface area contributed by atoms with Gasteiger partial charge in [-0.15, -0.1) is 0 Å². The molecule has 1 fully saturated rings. The van der Waals surface area contributed by atoms with Gasteiger partial charge in [0.05, 0.1) is 17.1 Å². The Bertz CT molecular complexity index is 614. The largest absolute Gasteiger partial charge is 0.489 e. The number of halogens is 3. The van der Waals surface area contributed by atoms with Crippen LogP contribution in [0.2, 0.25) is 0 Å². The van der Waals surface area contributed by atoms with E-state index < -0.39 is 27.7 Å². The Morgan fingerprint density at radius 2 is 2.10 bits per heavy atom. The van der Waals surface area contributed by atoms with Gasteiger partial charge in [-0.05, 0) is 31.2 Å². The van der Waals surface area contributed by atoms with Crippen LogP contribution >= 0.6 is 0 Å². The van der Waals surface area contributed by atoms with Crippen molar-refractivity contribution in [3.8, 4) is 5.75 Å². The fourth-order valence-electron chi connectivity index (χ4n) is 2.25.